The molecule has 1 heterocycles. The Balaban J connectivity index is 0.00000121. The van der Waals surface area contributed by atoms with Crippen LogP contribution in [0.5, 0.6) is 0 Å². The monoisotopic (exact) mass is 184 g/mol. The third-order valence-corrected chi connectivity index (χ3v) is 1.55. The van der Waals surface area contributed by atoms with Gasteiger partial charge in [-0.1, -0.05) is 6.08 Å². The van der Waals surface area contributed by atoms with E-state index in [9.17, 15) is 0 Å². The maximum Gasteiger partial charge on any atom is 0.0330 e. The van der Waals surface area contributed by atoms with Crippen LogP contribution in [0.2, 0.25) is 0 Å². The lowest BCUT2D eigenvalue weighted by atomic mass is 10.1. The highest BCUT2D eigenvalue weighted by atomic mass is 35.5. The average molecular weight is 185 g/mol. The average Bonchev–Trinajstić information content (AvgIpc) is 2.07. The molecular formula is C9H13ClN2. The van der Waals surface area contributed by atoms with E-state index in [1.165, 1.54) is 0 Å². The van der Waals surface area contributed by atoms with Gasteiger partial charge in [0, 0.05) is 18.4 Å². The van der Waals surface area contributed by atoms with Gasteiger partial charge in [0.15, 0.2) is 0 Å². The molecule has 1 atom stereocenters. The van der Waals surface area contributed by atoms with Gasteiger partial charge >= 0.3 is 0 Å². The maximum absolute atomic E-state index is 5.81. The summed E-state index contributed by atoms with van der Waals surface area (Å²) in [5.41, 5.74) is 6.92. The molecule has 2 N–H and O–H groups in total. The molecule has 1 rings (SSSR count). The zero-order valence-corrected chi connectivity index (χ0v) is 7.63. The van der Waals surface area contributed by atoms with Gasteiger partial charge in [0.05, 0.1) is 0 Å². The van der Waals surface area contributed by atoms with Crippen molar-refractivity contribution < 1.29 is 0 Å². The highest BCUT2D eigenvalue weighted by Gasteiger charge is 2.00. The van der Waals surface area contributed by atoms with Gasteiger partial charge < -0.3 is 5.73 Å². The summed E-state index contributed by atoms with van der Waals surface area (Å²) < 4.78 is 0. The molecule has 12 heavy (non-hydrogen) atoms. The lowest BCUT2D eigenvalue weighted by Crippen LogP contribution is -2.08. The fraction of sp³-hybridized carbons (Fsp3) is 0.222. The van der Waals surface area contributed by atoms with E-state index < -0.39 is 0 Å². The zero-order chi connectivity index (χ0) is 8.10. The molecule has 0 fully saturated rings. The van der Waals surface area contributed by atoms with E-state index in [1.807, 2.05) is 18.2 Å². The molecular weight excluding hydrogens is 172 g/mol. The predicted octanol–water partition coefficient (Wildman–Crippen LogP) is 2.08. The van der Waals surface area contributed by atoms with Gasteiger partial charge in [-0.05, 0) is 24.1 Å². The second-order valence-corrected chi connectivity index (χ2v) is 2.41. The molecule has 0 aliphatic heterocycles. The molecule has 0 bridgehead atoms. The van der Waals surface area contributed by atoms with Crippen LogP contribution in [-0.2, 0) is 0 Å². The molecule has 0 amide bonds. The molecule has 0 radical (unpaired) electrons. The van der Waals surface area contributed by atoms with Crippen LogP contribution in [0, 0.1) is 0 Å². The number of hydrogen-bond donors (Lipinski definition) is 1. The normalized spacial score (nSPS) is 11.4. The Morgan fingerprint density at radius 1 is 1.50 bits per heavy atom. The van der Waals surface area contributed by atoms with E-state index in [4.69, 9.17) is 5.73 Å². The summed E-state index contributed by atoms with van der Waals surface area (Å²) in [4.78, 5) is 3.91. The van der Waals surface area contributed by atoms with Crippen molar-refractivity contribution in [3.05, 3.63) is 42.7 Å². The number of aromatic nitrogens is 1. The van der Waals surface area contributed by atoms with Crippen LogP contribution in [0.15, 0.2) is 37.2 Å². The summed E-state index contributed by atoms with van der Waals surface area (Å²) in [6.45, 7) is 3.63. The van der Waals surface area contributed by atoms with Gasteiger partial charge in [-0.3, -0.25) is 4.98 Å². The summed E-state index contributed by atoms with van der Waals surface area (Å²) in [7, 11) is 0. The molecule has 0 unspecified atom stereocenters. The van der Waals surface area contributed by atoms with Crippen LogP contribution in [0.25, 0.3) is 0 Å². The van der Waals surface area contributed by atoms with Crippen LogP contribution in [0.4, 0.5) is 0 Å². The first-order valence-electron chi connectivity index (χ1n) is 3.61. The Kier molecular flexibility index (Phi) is 5.34. The van der Waals surface area contributed by atoms with Crippen molar-refractivity contribution in [2.75, 3.05) is 0 Å². The highest BCUT2D eigenvalue weighted by molar-refractivity contribution is 5.85. The SMILES string of the molecule is C=CC[C@H](N)c1ccncc1.Cl. The Bertz CT molecular complexity index is 223. The first-order valence-corrected chi connectivity index (χ1v) is 3.61. The lowest BCUT2D eigenvalue weighted by Gasteiger charge is -2.07. The minimum atomic E-state index is 0. The van der Waals surface area contributed by atoms with Gasteiger partial charge in [0.1, 0.15) is 0 Å². The minimum absolute atomic E-state index is 0. The summed E-state index contributed by atoms with van der Waals surface area (Å²) in [6.07, 6.45) is 6.13. The number of nitrogens with zero attached hydrogens (tertiary/aromatic N) is 1. The Morgan fingerprint density at radius 2 is 2.08 bits per heavy atom. The Hall–Kier alpha value is -0.860. The first kappa shape index (κ1) is 11.1. The predicted molar refractivity (Wildman–Crippen MR) is 53.2 cm³/mol. The van der Waals surface area contributed by atoms with Gasteiger partial charge in [-0.15, -0.1) is 19.0 Å². The molecule has 2 nitrogen and oxygen atoms in total. The molecule has 66 valence electrons. The van der Waals surface area contributed by atoms with E-state index in [1.54, 1.807) is 12.4 Å². The molecule has 3 heteroatoms. The summed E-state index contributed by atoms with van der Waals surface area (Å²) in [5, 5.41) is 0. The van der Waals surface area contributed by atoms with Crippen LogP contribution in [0.3, 0.4) is 0 Å². The number of halogens is 1. The topological polar surface area (TPSA) is 38.9 Å². The van der Waals surface area contributed by atoms with Crippen molar-refractivity contribution in [2.24, 2.45) is 5.73 Å². The zero-order valence-electron chi connectivity index (χ0n) is 6.81. The van der Waals surface area contributed by atoms with E-state index >= 15 is 0 Å². The van der Waals surface area contributed by atoms with E-state index in [2.05, 4.69) is 11.6 Å². The maximum atomic E-state index is 5.81. The van der Waals surface area contributed by atoms with Crippen molar-refractivity contribution in [1.82, 2.24) is 4.98 Å². The summed E-state index contributed by atoms with van der Waals surface area (Å²) >= 11 is 0. The second kappa shape index (κ2) is 5.75. The minimum Gasteiger partial charge on any atom is -0.324 e. The van der Waals surface area contributed by atoms with Crippen LogP contribution < -0.4 is 5.73 Å². The number of nitrogens with two attached hydrogens (primary N) is 1. The van der Waals surface area contributed by atoms with Crippen molar-refractivity contribution >= 4 is 12.4 Å². The number of pyridine rings is 1. The fourth-order valence-corrected chi connectivity index (χ4v) is 0.926. The first-order chi connectivity index (χ1) is 5.34. The number of rotatable bonds is 3. The third kappa shape index (κ3) is 3.03. The molecule has 0 spiro atoms. The molecule has 0 saturated carbocycles. The van der Waals surface area contributed by atoms with Gasteiger partial charge in [-0.25, -0.2) is 0 Å². The van der Waals surface area contributed by atoms with Gasteiger partial charge in [0.25, 0.3) is 0 Å². The van der Waals surface area contributed by atoms with Gasteiger partial charge in [0.2, 0.25) is 0 Å². The van der Waals surface area contributed by atoms with E-state index in [0.717, 1.165) is 12.0 Å². The van der Waals surface area contributed by atoms with Crippen LogP contribution in [0.1, 0.15) is 18.0 Å². The van der Waals surface area contributed by atoms with Crippen molar-refractivity contribution in [1.29, 1.82) is 0 Å². The largest absolute Gasteiger partial charge is 0.324 e. The smallest absolute Gasteiger partial charge is 0.0330 e. The molecule has 0 aliphatic carbocycles. The standard InChI is InChI=1S/C9H12N2.ClH/c1-2-3-9(10)8-4-6-11-7-5-8;/h2,4-7,9H,1,3,10H2;1H/t9-;/m0./s1. The summed E-state index contributed by atoms with van der Waals surface area (Å²) in [6, 6.07) is 3.91. The molecule has 0 aliphatic rings. The molecule has 1 aromatic rings. The number of hydrogen-bond acceptors (Lipinski definition) is 2. The summed E-state index contributed by atoms with van der Waals surface area (Å²) in [5.74, 6) is 0. The molecule has 0 aromatic carbocycles. The van der Waals surface area contributed by atoms with Gasteiger partial charge in [-0.2, -0.15) is 0 Å². The second-order valence-electron chi connectivity index (χ2n) is 2.41. The Morgan fingerprint density at radius 3 is 2.58 bits per heavy atom. The quantitative estimate of drug-likeness (QED) is 0.731. The Labute approximate surface area is 78.9 Å². The third-order valence-electron chi connectivity index (χ3n) is 1.55. The van der Waals surface area contributed by atoms with Crippen molar-refractivity contribution in [3.8, 4) is 0 Å². The fourth-order valence-electron chi connectivity index (χ4n) is 0.926. The van der Waals surface area contributed by atoms with Crippen LogP contribution >= 0.6 is 12.4 Å². The van der Waals surface area contributed by atoms with E-state index in [0.29, 0.717) is 0 Å². The highest BCUT2D eigenvalue weighted by Crippen LogP contribution is 2.11. The van der Waals surface area contributed by atoms with Crippen molar-refractivity contribution in [2.45, 2.75) is 12.5 Å². The molecule has 1 aromatic heterocycles. The van der Waals surface area contributed by atoms with Crippen molar-refractivity contribution in [3.63, 3.8) is 0 Å². The van der Waals surface area contributed by atoms with E-state index in [-0.39, 0.29) is 18.4 Å². The lowest BCUT2D eigenvalue weighted by molar-refractivity contribution is 0.740. The van der Waals surface area contributed by atoms with Crippen LogP contribution in [-0.4, -0.2) is 4.98 Å². The molecule has 0 saturated heterocycles.